The number of carbonyl (C=O) groups excluding carboxylic acids is 1. The van der Waals surface area contributed by atoms with Gasteiger partial charge in [-0.25, -0.2) is 9.18 Å². The third-order valence-electron chi connectivity index (χ3n) is 4.00. The highest BCUT2D eigenvalue weighted by molar-refractivity contribution is 6.07. The fourth-order valence-electron chi connectivity index (χ4n) is 2.51. The Kier molecular flexibility index (Phi) is 5.69. The Hall–Kier alpha value is -3.15. The summed E-state index contributed by atoms with van der Waals surface area (Å²) in [6, 6.07) is 6.84. The average molecular weight is 372 g/mol. The molecule has 0 saturated carbocycles. The van der Waals surface area contributed by atoms with E-state index in [2.05, 4.69) is 0 Å². The Morgan fingerprint density at radius 3 is 2.22 bits per heavy atom. The van der Waals surface area contributed by atoms with E-state index in [-0.39, 0.29) is 11.3 Å². The van der Waals surface area contributed by atoms with Crippen LogP contribution >= 0.6 is 0 Å². The third kappa shape index (κ3) is 4.73. The molecule has 27 heavy (non-hydrogen) atoms. The summed E-state index contributed by atoms with van der Waals surface area (Å²) in [7, 11) is 0. The van der Waals surface area contributed by atoms with Gasteiger partial charge in [0.05, 0.1) is 5.56 Å². The van der Waals surface area contributed by atoms with E-state index in [4.69, 9.17) is 4.74 Å². The topological polar surface area (TPSA) is 83.8 Å². The minimum atomic E-state index is -1.38. The number of phenolic OH excluding ortho intramolecular Hbond substituents is 1. The van der Waals surface area contributed by atoms with Crippen LogP contribution < -0.4 is 4.74 Å². The van der Waals surface area contributed by atoms with E-state index < -0.39 is 23.2 Å². The number of allylic oxidation sites excluding steroid dienone is 1. The van der Waals surface area contributed by atoms with Gasteiger partial charge in [-0.15, -0.1) is 0 Å². The van der Waals surface area contributed by atoms with Crippen LogP contribution in [0, 0.1) is 19.7 Å². The molecule has 0 heterocycles. The largest absolute Gasteiger partial charge is 0.508 e. The normalized spacial score (nSPS) is 11.6. The van der Waals surface area contributed by atoms with Crippen molar-refractivity contribution in [3.8, 4) is 11.5 Å². The molecule has 2 aromatic carbocycles. The number of halogens is 1. The molecule has 6 heteroatoms. The van der Waals surface area contributed by atoms with E-state index in [0.29, 0.717) is 22.4 Å². The molecule has 0 aliphatic heterocycles. The number of ether oxygens (including phenoxy) is 1. The molecule has 0 aliphatic rings. The molecule has 0 atom stereocenters. The third-order valence-corrected chi connectivity index (χ3v) is 4.00. The predicted molar refractivity (Wildman–Crippen MR) is 99.7 cm³/mol. The van der Waals surface area contributed by atoms with Crippen molar-refractivity contribution in [3.63, 3.8) is 0 Å². The summed E-state index contributed by atoms with van der Waals surface area (Å²) in [4.78, 5) is 23.4. The first-order valence-corrected chi connectivity index (χ1v) is 8.26. The highest BCUT2D eigenvalue weighted by Crippen LogP contribution is 2.29. The van der Waals surface area contributed by atoms with E-state index >= 15 is 0 Å². The zero-order chi connectivity index (χ0) is 20.4. The molecule has 0 saturated heterocycles. The lowest BCUT2D eigenvalue weighted by atomic mass is 10.0. The first kappa shape index (κ1) is 20.2. The molecule has 142 valence electrons. The summed E-state index contributed by atoms with van der Waals surface area (Å²) in [5.74, 6) is -2.19. The van der Waals surface area contributed by atoms with Gasteiger partial charge in [0.25, 0.3) is 0 Å². The Bertz CT molecular complexity index is 905. The van der Waals surface area contributed by atoms with E-state index in [1.807, 2.05) is 0 Å². The number of benzene rings is 2. The van der Waals surface area contributed by atoms with Gasteiger partial charge in [0.15, 0.2) is 11.4 Å². The molecule has 0 unspecified atom stereocenters. The molecule has 0 fully saturated rings. The number of hydrogen-bond donors (Lipinski definition) is 2. The molecule has 0 aromatic heterocycles. The monoisotopic (exact) mass is 372 g/mol. The van der Waals surface area contributed by atoms with E-state index in [1.165, 1.54) is 32.1 Å². The Balaban J connectivity index is 2.26. The number of phenols is 1. The van der Waals surface area contributed by atoms with Crippen molar-refractivity contribution in [1.82, 2.24) is 0 Å². The van der Waals surface area contributed by atoms with Crippen molar-refractivity contribution in [1.29, 1.82) is 0 Å². The van der Waals surface area contributed by atoms with Crippen LogP contribution in [0.2, 0.25) is 0 Å². The molecular weight excluding hydrogens is 351 g/mol. The molecular formula is C21H21FO5. The van der Waals surface area contributed by atoms with E-state index in [1.54, 1.807) is 32.1 Å². The molecule has 2 rings (SSSR count). The second-order valence-corrected chi connectivity index (χ2v) is 6.76. The van der Waals surface area contributed by atoms with Crippen molar-refractivity contribution in [3.05, 3.63) is 64.5 Å². The SMILES string of the molecule is Cc1cc(/C=C/C(=O)c2ccc(O)cc2F)cc(C)c1OC(C)(C)C(=O)O. The van der Waals surface area contributed by atoms with Gasteiger partial charge in [0, 0.05) is 6.07 Å². The molecule has 2 N–H and O–H groups in total. The van der Waals surface area contributed by atoms with Crippen molar-refractivity contribution < 1.29 is 28.9 Å². The minimum Gasteiger partial charge on any atom is -0.508 e. The highest BCUT2D eigenvalue weighted by Gasteiger charge is 2.30. The second kappa shape index (κ2) is 7.61. The number of aromatic hydroxyl groups is 1. The van der Waals surface area contributed by atoms with E-state index in [9.17, 15) is 24.2 Å². The molecule has 2 aromatic rings. The minimum absolute atomic E-state index is 0.138. The number of aliphatic carboxylic acids is 1. The quantitative estimate of drug-likeness (QED) is 0.584. The smallest absolute Gasteiger partial charge is 0.347 e. The highest BCUT2D eigenvalue weighted by atomic mass is 19.1. The van der Waals surface area contributed by atoms with Crippen molar-refractivity contribution in [2.75, 3.05) is 0 Å². The van der Waals surface area contributed by atoms with Crippen LogP contribution in [0.4, 0.5) is 4.39 Å². The fourth-order valence-corrected chi connectivity index (χ4v) is 2.51. The number of carboxylic acid groups (broad SMARTS) is 1. The lowest BCUT2D eigenvalue weighted by Crippen LogP contribution is -2.38. The van der Waals surface area contributed by atoms with Gasteiger partial charge in [0.2, 0.25) is 0 Å². The molecule has 0 amide bonds. The molecule has 0 aliphatic carbocycles. The van der Waals surface area contributed by atoms with Crippen LogP contribution in [-0.4, -0.2) is 27.6 Å². The van der Waals surface area contributed by atoms with Crippen LogP contribution in [0.1, 0.15) is 40.9 Å². The fraction of sp³-hybridized carbons (Fsp3) is 0.238. The lowest BCUT2D eigenvalue weighted by molar-refractivity contribution is -0.152. The average Bonchev–Trinajstić information content (AvgIpc) is 2.56. The van der Waals surface area contributed by atoms with Crippen LogP contribution in [0.5, 0.6) is 11.5 Å². The van der Waals surface area contributed by atoms with Gasteiger partial charge in [0.1, 0.15) is 17.3 Å². The first-order valence-electron chi connectivity index (χ1n) is 8.26. The number of carbonyl (C=O) groups is 2. The molecule has 0 radical (unpaired) electrons. The Morgan fingerprint density at radius 2 is 1.70 bits per heavy atom. The maximum atomic E-state index is 13.8. The number of ketones is 1. The second-order valence-electron chi connectivity index (χ2n) is 6.76. The number of hydrogen-bond acceptors (Lipinski definition) is 4. The van der Waals surface area contributed by atoms with Crippen LogP contribution in [0.15, 0.2) is 36.4 Å². The Morgan fingerprint density at radius 1 is 1.11 bits per heavy atom. The summed E-state index contributed by atoms with van der Waals surface area (Å²) >= 11 is 0. The van der Waals surface area contributed by atoms with Crippen LogP contribution in [-0.2, 0) is 4.79 Å². The Labute approximate surface area is 156 Å². The van der Waals surface area contributed by atoms with Gasteiger partial charge in [-0.2, -0.15) is 0 Å². The summed E-state index contributed by atoms with van der Waals surface area (Å²) < 4.78 is 19.4. The first-order chi connectivity index (χ1) is 12.5. The lowest BCUT2D eigenvalue weighted by Gasteiger charge is -2.24. The standard InChI is InChI=1S/C21H21FO5/c1-12-9-14(10-13(2)19(12)27-21(3,4)20(25)26)5-8-18(24)16-7-6-15(23)11-17(16)22/h5-11,23H,1-4H3,(H,25,26)/b8-5+. The molecule has 5 nitrogen and oxygen atoms in total. The van der Waals surface area contributed by atoms with Gasteiger partial charge in [-0.3, -0.25) is 4.79 Å². The maximum absolute atomic E-state index is 13.8. The van der Waals surface area contributed by atoms with Crippen molar-refractivity contribution in [2.24, 2.45) is 0 Å². The van der Waals surface area contributed by atoms with Crippen molar-refractivity contribution >= 4 is 17.8 Å². The number of rotatable bonds is 6. The summed E-state index contributed by atoms with van der Waals surface area (Å²) in [6.45, 7) is 6.48. The number of aryl methyl sites for hydroxylation is 2. The van der Waals surface area contributed by atoms with Gasteiger partial charge >= 0.3 is 5.97 Å². The molecule has 0 spiro atoms. The summed E-state index contributed by atoms with van der Waals surface area (Å²) in [5, 5.41) is 18.4. The maximum Gasteiger partial charge on any atom is 0.347 e. The van der Waals surface area contributed by atoms with Crippen LogP contribution in [0.25, 0.3) is 6.08 Å². The van der Waals surface area contributed by atoms with Crippen molar-refractivity contribution in [2.45, 2.75) is 33.3 Å². The summed E-state index contributed by atoms with van der Waals surface area (Å²) in [5.41, 5.74) is 0.609. The zero-order valence-electron chi connectivity index (χ0n) is 15.5. The van der Waals surface area contributed by atoms with Crippen LogP contribution in [0.3, 0.4) is 0 Å². The number of carboxylic acids is 1. The predicted octanol–water partition coefficient (Wildman–Crippen LogP) is 4.29. The van der Waals surface area contributed by atoms with Gasteiger partial charge in [-0.05, 0) is 74.7 Å². The van der Waals surface area contributed by atoms with Gasteiger partial charge < -0.3 is 14.9 Å². The molecule has 0 bridgehead atoms. The zero-order valence-corrected chi connectivity index (χ0v) is 15.5. The van der Waals surface area contributed by atoms with E-state index in [0.717, 1.165) is 6.07 Å². The summed E-state index contributed by atoms with van der Waals surface area (Å²) in [6.07, 6.45) is 2.78. The van der Waals surface area contributed by atoms with Gasteiger partial charge in [-0.1, -0.05) is 6.08 Å².